The lowest BCUT2D eigenvalue weighted by molar-refractivity contribution is -0.153. The molecule has 0 radical (unpaired) electrons. The Morgan fingerprint density at radius 3 is 2.43 bits per heavy atom. The maximum absolute atomic E-state index is 11.0. The lowest BCUT2D eigenvalue weighted by Crippen LogP contribution is -2.61. The molecule has 2 nitrogen and oxygen atoms in total. The van der Waals surface area contributed by atoms with Gasteiger partial charge in [-0.1, -0.05) is 20.8 Å². The van der Waals surface area contributed by atoms with Crippen LogP contribution in [-0.4, -0.2) is 34.7 Å². The van der Waals surface area contributed by atoms with Crippen molar-refractivity contribution in [2.24, 2.45) is 28.6 Å². The molecular formula is C21H37NO. The third kappa shape index (κ3) is 2.06. The Kier molecular flexibility index (Phi) is 3.71. The van der Waals surface area contributed by atoms with Crippen molar-refractivity contribution in [3.63, 3.8) is 0 Å². The monoisotopic (exact) mass is 319 g/mol. The second-order valence-corrected chi connectivity index (χ2v) is 9.98. The van der Waals surface area contributed by atoms with E-state index in [-0.39, 0.29) is 5.41 Å². The summed E-state index contributed by atoms with van der Waals surface area (Å²) in [6, 6.07) is 0.828. The van der Waals surface area contributed by atoms with Crippen LogP contribution in [0.25, 0.3) is 0 Å². The summed E-state index contributed by atoms with van der Waals surface area (Å²) >= 11 is 0. The second-order valence-electron chi connectivity index (χ2n) is 9.98. The van der Waals surface area contributed by atoms with Crippen LogP contribution in [0.3, 0.4) is 0 Å². The van der Waals surface area contributed by atoms with Gasteiger partial charge in [0.25, 0.3) is 0 Å². The third-order valence-electron chi connectivity index (χ3n) is 9.39. The van der Waals surface area contributed by atoms with Crippen molar-refractivity contribution in [1.82, 2.24) is 4.90 Å². The van der Waals surface area contributed by atoms with E-state index in [4.69, 9.17) is 0 Å². The lowest BCUT2D eigenvalue weighted by Gasteiger charge is -2.63. The molecule has 1 aliphatic heterocycles. The number of likely N-dealkylation sites (tertiary alicyclic amines) is 1. The number of aliphatic hydroxyl groups is 1. The van der Waals surface area contributed by atoms with E-state index >= 15 is 0 Å². The molecule has 4 fully saturated rings. The van der Waals surface area contributed by atoms with Crippen LogP contribution in [-0.2, 0) is 0 Å². The van der Waals surface area contributed by atoms with Gasteiger partial charge in [0, 0.05) is 6.04 Å². The zero-order chi connectivity index (χ0) is 16.5. The number of piperidine rings is 1. The van der Waals surface area contributed by atoms with E-state index in [2.05, 4.69) is 32.6 Å². The van der Waals surface area contributed by atoms with Gasteiger partial charge in [-0.25, -0.2) is 0 Å². The number of nitrogens with zero attached hydrogens (tertiary/aromatic N) is 1. The minimum Gasteiger partial charge on any atom is -0.390 e. The molecule has 1 N–H and O–H groups in total. The Hall–Kier alpha value is -0.0800. The summed E-state index contributed by atoms with van der Waals surface area (Å²) in [5.41, 5.74) is 0.284. The van der Waals surface area contributed by atoms with Crippen LogP contribution in [0.1, 0.15) is 79.1 Å². The highest BCUT2D eigenvalue weighted by Crippen LogP contribution is 2.66. The fraction of sp³-hybridized carbons (Fsp3) is 1.00. The highest BCUT2D eigenvalue weighted by atomic mass is 16.3. The number of rotatable bonds is 1. The summed E-state index contributed by atoms with van der Waals surface area (Å²) in [5, 5.41) is 11.0. The average Bonchev–Trinajstić information content (AvgIpc) is 2.76. The van der Waals surface area contributed by atoms with E-state index in [1.54, 1.807) is 0 Å². The molecule has 0 bridgehead atoms. The van der Waals surface area contributed by atoms with Crippen LogP contribution in [0.4, 0.5) is 0 Å². The minimum atomic E-state index is -0.428. The first-order chi connectivity index (χ1) is 10.8. The zero-order valence-corrected chi connectivity index (χ0v) is 15.8. The van der Waals surface area contributed by atoms with Crippen LogP contribution in [0.15, 0.2) is 0 Å². The Labute approximate surface area is 143 Å². The molecule has 7 unspecified atom stereocenters. The summed E-state index contributed by atoms with van der Waals surface area (Å²) in [7, 11) is 0. The summed E-state index contributed by atoms with van der Waals surface area (Å²) in [6.45, 7) is 12.1. The molecule has 4 rings (SSSR count). The van der Waals surface area contributed by atoms with Crippen LogP contribution in [0, 0.1) is 28.6 Å². The van der Waals surface area contributed by atoms with Gasteiger partial charge in [-0.15, -0.1) is 0 Å². The lowest BCUT2D eigenvalue weighted by atomic mass is 9.46. The Balaban J connectivity index is 1.65. The molecule has 3 aliphatic carbocycles. The molecular weight excluding hydrogens is 282 g/mol. The van der Waals surface area contributed by atoms with E-state index in [0.717, 1.165) is 30.2 Å². The Morgan fingerprint density at radius 1 is 0.957 bits per heavy atom. The molecule has 7 atom stereocenters. The fourth-order valence-corrected chi connectivity index (χ4v) is 7.83. The molecule has 1 saturated heterocycles. The van der Waals surface area contributed by atoms with Crippen molar-refractivity contribution in [3.8, 4) is 0 Å². The number of fused-ring (bicyclic) bond motifs is 5. The van der Waals surface area contributed by atoms with Crippen molar-refractivity contribution in [1.29, 1.82) is 0 Å². The molecule has 3 saturated carbocycles. The predicted octanol–water partition coefficient (Wildman–Crippen LogP) is 4.46. The molecule has 0 amide bonds. The molecule has 1 heterocycles. The summed E-state index contributed by atoms with van der Waals surface area (Å²) in [5.74, 6) is 2.55. The molecule has 0 aromatic carbocycles. The summed E-state index contributed by atoms with van der Waals surface area (Å²) in [4.78, 5) is 2.79. The fourth-order valence-electron chi connectivity index (χ4n) is 7.83. The van der Waals surface area contributed by atoms with Gasteiger partial charge >= 0.3 is 0 Å². The summed E-state index contributed by atoms with van der Waals surface area (Å²) < 4.78 is 0. The van der Waals surface area contributed by atoms with Crippen molar-refractivity contribution in [2.75, 3.05) is 13.1 Å². The van der Waals surface area contributed by atoms with Gasteiger partial charge in [0.2, 0.25) is 0 Å². The highest BCUT2D eigenvalue weighted by Gasteiger charge is 2.63. The van der Waals surface area contributed by atoms with Gasteiger partial charge in [0.15, 0.2) is 0 Å². The molecule has 4 aliphatic rings. The molecule has 23 heavy (non-hydrogen) atoms. The normalized spacial score (nSPS) is 56.7. The average molecular weight is 320 g/mol. The molecule has 132 valence electrons. The van der Waals surface area contributed by atoms with Gasteiger partial charge in [0.1, 0.15) is 0 Å². The Morgan fingerprint density at radius 2 is 1.70 bits per heavy atom. The van der Waals surface area contributed by atoms with Gasteiger partial charge in [-0.3, -0.25) is 0 Å². The first-order valence-electron chi connectivity index (χ1n) is 10.3. The minimum absolute atomic E-state index is 0.177. The van der Waals surface area contributed by atoms with Crippen LogP contribution < -0.4 is 0 Å². The van der Waals surface area contributed by atoms with Crippen LogP contribution >= 0.6 is 0 Å². The smallest absolute Gasteiger partial charge is 0.0675 e. The van der Waals surface area contributed by atoms with Gasteiger partial charge in [-0.2, -0.15) is 0 Å². The highest BCUT2D eigenvalue weighted by molar-refractivity contribution is 5.13. The van der Waals surface area contributed by atoms with Gasteiger partial charge in [-0.05, 0) is 100.0 Å². The maximum Gasteiger partial charge on any atom is 0.0675 e. The number of hydrogen-bond acceptors (Lipinski definition) is 2. The van der Waals surface area contributed by atoms with Crippen molar-refractivity contribution < 1.29 is 5.11 Å². The van der Waals surface area contributed by atoms with Crippen molar-refractivity contribution in [3.05, 3.63) is 0 Å². The first-order valence-corrected chi connectivity index (χ1v) is 10.3. The van der Waals surface area contributed by atoms with Crippen molar-refractivity contribution >= 4 is 0 Å². The quantitative estimate of drug-likeness (QED) is 0.771. The van der Waals surface area contributed by atoms with E-state index in [1.807, 2.05) is 0 Å². The molecule has 0 aromatic heterocycles. The standard InChI is InChI=1S/C21H37NO/c1-5-22-14-6-11-19(2)16-9-12-20(3)17(10-13-21(20,4)23)15(16)7-8-18(19)22/h15-18,23H,5-14H2,1-4H3. The first kappa shape index (κ1) is 16.4. The maximum atomic E-state index is 11.0. The largest absolute Gasteiger partial charge is 0.390 e. The van der Waals surface area contributed by atoms with Crippen molar-refractivity contribution in [2.45, 2.75) is 90.7 Å². The molecule has 0 aromatic rings. The van der Waals surface area contributed by atoms with Gasteiger partial charge < -0.3 is 10.0 Å². The number of hydrogen-bond donors (Lipinski definition) is 1. The summed E-state index contributed by atoms with van der Waals surface area (Å²) in [6.07, 6.45) is 10.6. The van der Waals surface area contributed by atoms with E-state index in [1.165, 1.54) is 58.0 Å². The molecule has 2 heteroatoms. The second kappa shape index (κ2) is 5.21. The van der Waals surface area contributed by atoms with E-state index in [9.17, 15) is 5.11 Å². The molecule has 0 spiro atoms. The van der Waals surface area contributed by atoms with Gasteiger partial charge in [0.05, 0.1) is 5.60 Å². The zero-order valence-electron chi connectivity index (χ0n) is 15.8. The van der Waals surface area contributed by atoms with E-state index < -0.39 is 5.60 Å². The third-order valence-corrected chi connectivity index (χ3v) is 9.39. The van der Waals surface area contributed by atoms with Crippen LogP contribution in [0.2, 0.25) is 0 Å². The Bertz CT molecular complexity index is 474. The van der Waals surface area contributed by atoms with E-state index in [0.29, 0.717) is 5.41 Å². The SMILES string of the molecule is CCN1CCCC2(C)C3CCC4(C)C(CCC4(C)O)C3CCC12. The predicted molar refractivity (Wildman–Crippen MR) is 95.3 cm³/mol. The van der Waals surface area contributed by atoms with Crippen LogP contribution in [0.5, 0.6) is 0 Å². The topological polar surface area (TPSA) is 23.5 Å².